The van der Waals surface area contributed by atoms with E-state index in [1.54, 1.807) is 6.07 Å². The number of fused-ring (bicyclic) bond motifs is 2. The van der Waals surface area contributed by atoms with Gasteiger partial charge in [0, 0.05) is 23.0 Å². The lowest BCUT2D eigenvalue weighted by Crippen LogP contribution is -2.46. The molecule has 2 saturated heterocycles. The van der Waals surface area contributed by atoms with E-state index in [4.69, 9.17) is 16.3 Å². The summed E-state index contributed by atoms with van der Waals surface area (Å²) in [6.07, 6.45) is 3.67. The van der Waals surface area contributed by atoms with Crippen LogP contribution in [-0.2, 0) is 0 Å². The number of hydrogen-bond donors (Lipinski definition) is 0. The van der Waals surface area contributed by atoms with Crippen molar-refractivity contribution < 1.29 is 13.9 Å². The molecule has 0 aromatic heterocycles. The van der Waals surface area contributed by atoms with E-state index in [0.29, 0.717) is 5.56 Å². The van der Waals surface area contributed by atoms with Gasteiger partial charge in [-0.3, -0.25) is 4.79 Å². The van der Waals surface area contributed by atoms with Gasteiger partial charge in [0.2, 0.25) is 0 Å². The molecule has 1 aromatic rings. The maximum absolute atomic E-state index is 13.7. The van der Waals surface area contributed by atoms with Crippen LogP contribution < -0.4 is 4.74 Å². The molecule has 1 aromatic carbocycles. The third-order valence-electron chi connectivity index (χ3n) is 4.31. The van der Waals surface area contributed by atoms with Crippen LogP contribution in [-0.4, -0.2) is 35.4 Å². The molecule has 5 heteroatoms. The number of methoxy groups -OCH3 is 1. The van der Waals surface area contributed by atoms with Crippen molar-refractivity contribution in [3.8, 4) is 5.75 Å². The van der Waals surface area contributed by atoms with Crippen molar-refractivity contribution >= 4 is 17.5 Å². The van der Waals surface area contributed by atoms with Gasteiger partial charge in [-0.05, 0) is 43.9 Å². The van der Waals surface area contributed by atoms with Gasteiger partial charge in [-0.25, -0.2) is 4.39 Å². The Morgan fingerprint density at radius 1 is 1.35 bits per heavy atom. The summed E-state index contributed by atoms with van der Waals surface area (Å²) in [4.78, 5) is 14.5. The Balaban J connectivity index is 1.84. The molecule has 3 rings (SSSR count). The second-order valence-electron chi connectivity index (χ2n) is 5.52. The van der Waals surface area contributed by atoms with Gasteiger partial charge in [0.15, 0.2) is 11.6 Å². The smallest absolute Gasteiger partial charge is 0.254 e. The highest BCUT2D eigenvalue weighted by Gasteiger charge is 2.42. The van der Waals surface area contributed by atoms with Gasteiger partial charge in [-0.2, -0.15) is 0 Å². The maximum Gasteiger partial charge on any atom is 0.254 e. The van der Waals surface area contributed by atoms with Crippen molar-refractivity contribution in [1.82, 2.24) is 4.90 Å². The Hall–Kier alpha value is -1.29. The number of hydrogen-bond acceptors (Lipinski definition) is 2. The van der Waals surface area contributed by atoms with E-state index in [-0.39, 0.29) is 29.1 Å². The monoisotopic (exact) mass is 297 g/mol. The highest BCUT2D eigenvalue weighted by atomic mass is 35.5. The normalized spacial score (nSPS) is 28.6. The summed E-state index contributed by atoms with van der Waals surface area (Å²) in [5.74, 6) is -0.440. The molecule has 0 aliphatic carbocycles. The minimum Gasteiger partial charge on any atom is -0.494 e. The molecule has 0 radical (unpaired) electrons. The number of piperidine rings is 1. The molecule has 0 spiro atoms. The third kappa shape index (κ3) is 2.26. The fraction of sp³-hybridized carbons (Fsp3) is 0.533. The molecule has 0 N–H and O–H groups in total. The fourth-order valence-corrected chi connectivity index (χ4v) is 3.80. The van der Waals surface area contributed by atoms with Gasteiger partial charge < -0.3 is 9.64 Å². The largest absolute Gasteiger partial charge is 0.494 e. The molecule has 108 valence electrons. The number of alkyl halides is 1. The van der Waals surface area contributed by atoms with Crippen LogP contribution in [0.3, 0.4) is 0 Å². The molecule has 2 bridgehead atoms. The second kappa shape index (κ2) is 5.24. The number of amides is 1. The van der Waals surface area contributed by atoms with Crippen molar-refractivity contribution in [2.75, 3.05) is 7.11 Å². The van der Waals surface area contributed by atoms with Gasteiger partial charge in [0.05, 0.1) is 7.11 Å². The van der Waals surface area contributed by atoms with Crippen molar-refractivity contribution in [3.63, 3.8) is 0 Å². The lowest BCUT2D eigenvalue weighted by Gasteiger charge is -2.37. The van der Waals surface area contributed by atoms with Crippen molar-refractivity contribution in [2.45, 2.75) is 43.1 Å². The molecule has 2 atom stereocenters. The van der Waals surface area contributed by atoms with Crippen molar-refractivity contribution in [1.29, 1.82) is 0 Å². The standard InChI is InChI=1S/C15H17ClFNO2/c1-20-14-5-2-9(6-13(14)17)15(19)18-11-3-4-12(18)8-10(16)7-11/h2,5-6,10-12H,3-4,7-8H2,1H3. The van der Waals surface area contributed by atoms with Gasteiger partial charge in [0.25, 0.3) is 5.91 Å². The lowest BCUT2D eigenvalue weighted by molar-refractivity contribution is 0.0599. The van der Waals surface area contributed by atoms with Crippen LogP contribution in [0, 0.1) is 5.82 Å². The minimum absolute atomic E-state index is 0.0948. The molecular weight excluding hydrogens is 281 g/mol. The van der Waals surface area contributed by atoms with E-state index >= 15 is 0 Å². The van der Waals surface area contributed by atoms with Crippen molar-refractivity contribution in [3.05, 3.63) is 29.6 Å². The first-order valence-corrected chi connectivity index (χ1v) is 7.34. The molecule has 2 unspecified atom stereocenters. The van der Waals surface area contributed by atoms with Gasteiger partial charge >= 0.3 is 0 Å². The van der Waals surface area contributed by atoms with Crippen LogP contribution in [0.15, 0.2) is 18.2 Å². The summed E-state index contributed by atoms with van der Waals surface area (Å²) in [7, 11) is 1.41. The van der Waals surface area contributed by atoms with E-state index in [0.717, 1.165) is 25.7 Å². The molecule has 0 saturated carbocycles. The summed E-state index contributed by atoms with van der Waals surface area (Å²) in [6, 6.07) is 4.78. The highest BCUT2D eigenvalue weighted by Crippen LogP contribution is 2.38. The number of benzene rings is 1. The summed E-state index contributed by atoms with van der Waals surface area (Å²) >= 11 is 6.21. The molecular formula is C15H17ClFNO2. The molecule has 2 aliphatic rings. The predicted molar refractivity (Wildman–Crippen MR) is 74.8 cm³/mol. The second-order valence-corrected chi connectivity index (χ2v) is 6.13. The Labute approximate surface area is 122 Å². The summed E-state index contributed by atoms with van der Waals surface area (Å²) in [6.45, 7) is 0. The molecule has 1 amide bonds. The van der Waals surface area contributed by atoms with Crippen LogP contribution in [0.4, 0.5) is 4.39 Å². The van der Waals surface area contributed by atoms with Gasteiger partial charge in [-0.15, -0.1) is 11.6 Å². The van der Waals surface area contributed by atoms with E-state index in [1.807, 2.05) is 4.90 Å². The topological polar surface area (TPSA) is 29.5 Å². The first kappa shape index (κ1) is 13.7. The zero-order chi connectivity index (χ0) is 14.3. The summed E-state index contributed by atoms with van der Waals surface area (Å²) in [5.41, 5.74) is 0.383. The van der Waals surface area contributed by atoms with E-state index < -0.39 is 5.82 Å². The van der Waals surface area contributed by atoms with E-state index in [1.165, 1.54) is 19.2 Å². The number of carbonyl (C=O) groups is 1. The Morgan fingerprint density at radius 3 is 2.55 bits per heavy atom. The van der Waals surface area contributed by atoms with Crippen LogP contribution in [0.2, 0.25) is 0 Å². The molecule has 2 fully saturated rings. The third-order valence-corrected chi connectivity index (χ3v) is 4.67. The zero-order valence-electron chi connectivity index (χ0n) is 11.3. The molecule has 2 heterocycles. The first-order valence-electron chi connectivity index (χ1n) is 6.90. The first-order chi connectivity index (χ1) is 9.60. The van der Waals surface area contributed by atoms with Crippen LogP contribution in [0.5, 0.6) is 5.75 Å². The maximum atomic E-state index is 13.7. The molecule has 3 nitrogen and oxygen atoms in total. The molecule has 20 heavy (non-hydrogen) atoms. The number of nitrogens with zero attached hydrogens (tertiary/aromatic N) is 1. The number of ether oxygens (including phenoxy) is 1. The number of rotatable bonds is 2. The zero-order valence-corrected chi connectivity index (χ0v) is 12.1. The fourth-order valence-electron chi connectivity index (χ4n) is 3.39. The summed E-state index contributed by atoms with van der Waals surface area (Å²) in [5, 5.41) is 0.157. The Bertz CT molecular complexity index is 523. The highest BCUT2D eigenvalue weighted by molar-refractivity contribution is 6.20. The van der Waals surface area contributed by atoms with E-state index in [2.05, 4.69) is 0 Å². The Kier molecular flexibility index (Phi) is 3.59. The Morgan fingerprint density at radius 2 is 2.00 bits per heavy atom. The van der Waals surface area contributed by atoms with E-state index in [9.17, 15) is 9.18 Å². The van der Waals surface area contributed by atoms with Crippen LogP contribution in [0.25, 0.3) is 0 Å². The van der Waals surface area contributed by atoms with Crippen LogP contribution >= 0.6 is 11.6 Å². The predicted octanol–water partition coefficient (Wildman–Crippen LogP) is 3.21. The van der Waals surface area contributed by atoms with Crippen molar-refractivity contribution in [2.24, 2.45) is 0 Å². The average molecular weight is 298 g/mol. The van der Waals surface area contributed by atoms with Crippen LogP contribution in [0.1, 0.15) is 36.0 Å². The average Bonchev–Trinajstić information content (AvgIpc) is 2.70. The van der Waals surface area contributed by atoms with Gasteiger partial charge in [0.1, 0.15) is 0 Å². The quantitative estimate of drug-likeness (QED) is 0.785. The SMILES string of the molecule is COc1ccc(C(=O)N2C3CCC2CC(Cl)C3)cc1F. The molecule has 2 aliphatic heterocycles. The minimum atomic E-state index is -0.502. The van der Waals surface area contributed by atoms with Gasteiger partial charge in [-0.1, -0.05) is 0 Å². The number of carbonyl (C=O) groups excluding carboxylic acids is 1. The summed E-state index contributed by atoms with van der Waals surface area (Å²) < 4.78 is 18.6. The lowest BCUT2D eigenvalue weighted by atomic mass is 10.0. The number of halogens is 2.